The van der Waals surface area contributed by atoms with Gasteiger partial charge in [0.1, 0.15) is 12.1 Å². The summed E-state index contributed by atoms with van der Waals surface area (Å²) < 4.78 is 7.05. The van der Waals surface area contributed by atoms with E-state index in [0.717, 1.165) is 43.1 Å². The summed E-state index contributed by atoms with van der Waals surface area (Å²) in [7, 11) is 1.64. The highest BCUT2D eigenvalue weighted by molar-refractivity contribution is 5.94. The topological polar surface area (TPSA) is 60.2 Å². The summed E-state index contributed by atoms with van der Waals surface area (Å²) in [5.41, 5.74) is 1.61. The van der Waals surface area contributed by atoms with Gasteiger partial charge in [-0.25, -0.2) is 9.67 Å². The molecule has 1 atom stereocenters. The number of carbonyl (C=O) groups is 1. The Kier molecular flexibility index (Phi) is 4.87. The molecular formula is C21H22N4O2. The predicted molar refractivity (Wildman–Crippen MR) is 102 cm³/mol. The van der Waals surface area contributed by atoms with Crippen LogP contribution < -0.4 is 4.74 Å². The lowest BCUT2D eigenvalue weighted by molar-refractivity contribution is 0.0597. The van der Waals surface area contributed by atoms with E-state index < -0.39 is 0 Å². The second-order valence-electron chi connectivity index (χ2n) is 6.60. The molecule has 2 heterocycles. The number of rotatable bonds is 4. The van der Waals surface area contributed by atoms with Crippen LogP contribution in [0.5, 0.6) is 5.75 Å². The van der Waals surface area contributed by atoms with Crippen LogP contribution in [0, 0.1) is 0 Å². The maximum absolute atomic E-state index is 13.1. The van der Waals surface area contributed by atoms with Crippen molar-refractivity contribution >= 4 is 5.91 Å². The molecule has 0 radical (unpaired) electrons. The van der Waals surface area contributed by atoms with Crippen molar-refractivity contribution in [1.29, 1.82) is 0 Å². The van der Waals surface area contributed by atoms with Gasteiger partial charge in [0.25, 0.3) is 5.91 Å². The van der Waals surface area contributed by atoms with Gasteiger partial charge in [-0.05, 0) is 55.7 Å². The highest BCUT2D eigenvalue weighted by atomic mass is 16.5. The van der Waals surface area contributed by atoms with E-state index in [0.29, 0.717) is 5.56 Å². The smallest absolute Gasteiger partial charge is 0.254 e. The molecule has 0 aliphatic carbocycles. The highest BCUT2D eigenvalue weighted by Gasteiger charge is 2.32. The van der Waals surface area contributed by atoms with Gasteiger partial charge in [-0.3, -0.25) is 4.79 Å². The van der Waals surface area contributed by atoms with Gasteiger partial charge in [-0.1, -0.05) is 18.2 Å². The summed E-state index contributed by atoms with van der Waals surface area (Å²) in [6, 6.07) is 17.0. The average Bonchev–Trinajstić information content (AvgIpc) is 3.23. The van der Waals surface area contributed by atoms with Gasteiger partial charge < -0.3 is 9.64 Å². The van der Waals surface area contributed by atoms with Crippen molar-refractivity contribution < 1.29 is 9.53 Å². The van der Waals surface area contributed by atoms with Crippen LogP contribution in [0.1, 0.15) is 41.5 Å². The van der Waals surface area contributed by atoms with Crippen LogP contribution in [0.25, 0.3) is 5.69 Å². The molecule has 3 aromatic rings. The highest BCUT2D eigenvalue weighted by Crippen LogP contribution is 2.32. The maximum Gasteiger partial charge on any atom is 0.254 e. The summed E-state index contributed by atoms with van der Waals surface area (Å²) >= 11 is 0. The van der Waals surface area contributed by atoms with Crippen molar-refractivity contribution in [3.63, 3.8) is 0 Å². The molecule has 0 bridgehead atoms. The lowest BCUT2D eigenvalue weighted by Crippen LogP contribution is -2.39. The Hall–Kier alpha value is -3.15. The summed E-state index contributed by atoms with van der Waals surface area (Å²) in [5.74, 6) is 1.63. The lowest BCUT2D eigenvalue weighted by atomic mass is 10.00. The summed E-state index contributed by atoms with van der Waals surface area (Å²) in [6.07, 6.45) is 4.51. The maximum atomic E-state index is 13.1. The second-order valence-corrected chi connectivity index (χ2v) is 6.60. The Morgan fingerprint density at radius 1 is 1.07 bits per heavy atom. The molecule has 4 rings (SSSR count). The zero-order chi connectivity index (χ0) is 18.6. The number of hydrogen-bond donors (Lipinski definition) is 0. The summed E-state index contributed by atoms with van der Waals surface area (Å²) in [5, 5.41) is 4.41. The largest absolute Gasteiger partial charge is 0.497 e. The monoisotopic (exact) mass is 362 g/mol. The molecule has 6 heteroatoms. The normalized spacial score (nSPS) is 16.9. The van der Waals surface area contributed by atoms with Gasteiger partial charge in [0.2, 0.25) is 0 Å². The van der Waals surface area contributed by atoms with Gasteiger partial charge in [-0.2, -0.15) is 5.10 Å². The molecule has 0 spiro atoms. The molecule has 2 aromatic carbocycles. The van der Waals surface area contributed by atoms with Crippen molar-refractivity contribution in [3.05, 3.63) is 72.3 Å². The van der Waals surface area contributed by atoms with E-state index in [4.69, 9.17) is 4.74 Å². The number of carbonyl (C=O) groups excluding carboxylic acids is 1. The molecule has 1 saturated heterocycles. The third kappa shape index (κ3) is 3.43. The number of likely N-dealkylation sites (tertiary alicyclic amines) is 1. The van der Waals surface area contributed by atoms with E-state index in [1.165, 1.54) is 0 Å². The van der Waals surface area contributed by atoms with Crippen molar-refractivity contribution in [2.24, 2.45) is 0 Å². The van der Waals surface area contributed by atoms with Crippen molar-refractivity contribution in [2.75, 3.05) is 13.7 Å². The minimum absolute atomic E-state index is 0.0459. The minimum atomic E-state index is -0.0870. The Balaban J connectivity index is 1.67. The van der Waals surface area contributed by atoms with Crippen LogP contribution in [0.2, 0.25) is 0 Å². The number of ether oxygens (including phenoxy) is 1. The summed E-state index contributed by atoms with van der Waals surface area (Å²) in [6.45, 7) is 0.730. The molecule has 1 amide bonds. The first-order chi connectivity index (χ1) is 13.3. The molecule has 27 heavy (non-hydrogen) atoms. The number of benzene rings is 2. The first-order valence-electron chi connectivity index (χ1n) is 9.18. The van der Waals surface area contributed by atoms with Crippen molar-refractivity contribution in [3.8, 4) is 11.4 Å². The van der Waals surface area contributed by atoms with E-state index in [9.17, 15) is 4.79 Å². The van der Waals surface area contributed by atoms with Crippen LogP contribution in [-0.4, -0.2) is 39.2 Å². The molecule has 6 nitrogen and oxygen atoms in total. The number of piperidine rings is 1. The van der Waals surface area contributed by atoms with Gasteiger partial charge in [0.05, 0.1) is 18.8 Å². The molecule has 1 aliphatic rings. The quantitative estimate of drug-likeness (QED) is 0.711. The number of hydrogen-bond acceptors (Lipinski definition) is 4. The standard InChI is InChI=1S/C21H22N4O2/c1-27-18-12-10-17(11-13-18)25-20(22-15-23-25)19-9-5-6-14-24(19)21(26)16-7-3-2-4-8-16/h2-4,7-8,10-13,15,19H,5-6,9,14H2,1H3. The van der Waals surface area contributed by atoms with Gasteiger partial charge in [0.15, 0.2) is 5.82 Å². The number of methoxy groups -OCH3 is 1. The van der Waals surface area contributed by atoms with E-state index >= 15 is 0 Å². The zero-order valence-corrected chi connectivity index (χ0v) is 15.3. The van der Waals surface area contributed by atoms with Crippen molar-refractivity contribution in [2.45, 2.75) is 25.3 Å². The van der Waals surface area contributed by atoms with Crippen LogP contribution >= 0.6 is 0 Å². The Labute approximate surface area is 158 Å². The molecular weight excluding hydrogens is 340 g/mol. The fourth-order valence-corrected chi connectivity index (χ4v) is 3.59. The van der Waals surface area contributed by atoms with E-state index in [1.54, 1.807) is 13.4 Å². The van der Waals surface area contributed by atoms with Gasteiger partial charge in [-0.15, -0.1) is 0 Å². The Morgan fingerprint density at radius 3 is 2.59 bits per heavy atom. The third-order valence-electron chi connectivity index (χ3n) is 4.97. The second kappa shape index (κ2) is 7.61. The molecule has 138 valence electrons. The molecule has 0 N–H and O–H groups in total. The number of amides is 1. The Bertz CT molecular complexity index is 905. The fraction of sp³-hybridized carbons (Fsp3) is 0.286. The predicted octanol–water partition coefficient (Wildman–Crippen LogP) is 3.64. The number of nitrogens with zero attached hydrogens (tertiary/aromatic N) is 4. The summed E-state index contributed by atoms with van der Waals surface area (Å²) in [4.78, 5) is 19.5. The van der Waals surface area contributed by atoms with Crippen LogP contribution in [0.4, 0.5) is 0 Å². The third-order valence-corrected chi connectivity index (χ3v) is 4.97. The molecule has 1 aliphatic heterocycles. The average molecular weight is 362 g/mol. The fourth-order valence-electron chi connectivity index (χ4n) is 3.59. The van der Waals surface area contributed by atoms with Crippen LogP contribution in [0.3, 0.4) is 0 Å². The SMILES string of the molecule is COc1ccc(-n2ncnc2C2CCCCN2C(=O)c2ccccc2)cc1. The molecule has 1 unspecified atom stereocenters. The first kappa shape index (κ1) is 17.3. The van der Waals surface area contributed by atoms with E-state index in [-0.39, 0.29) is 11.9 Å². The number of aromatic nitrogens is 3. The van der Waals surface area contributed by atoms with E-state index in [2.05, 4.69) is 10.1 Å². The molecule has 1 aromatic heterocycles. The van der Waals surface area contributed by atoms with Crippen molar-refractivity contribution in [1.82, 2.24) is 19.7 Å². The van der Waals surface area contributed by atoms with E-state index in [1.807, 2.05) is 64.2 Å². The van der Waals surface area contributed by atoms with Crippen LogP contribution in [0.15, 0.2) is 60.9 Å². The van der Waals surface area contributed by atoms with Gasteiger partial charge in [0, 0.05) is 12.1 Å². The minimum Gasteiger partial charge on any atom is -0.497 e. The van der Waals surface area contributed by atoms with Crippen LogP contribution in [-0.2, 0) is 0 Å². The van der Waals surface area contributed by atoms with Gasteiger partial charge >= 0.3 is 0 Å². The molecule has 0 saturated carbocycles. The first-order valence-corrected chi connectivity index (χ1v) is 9.18. The zero-order valence-electron chi connectivity index (χ0n) is 15.3. The Morgan fingerprint density at radius 2 is 1.85 bits per heavy atom. The molecule has 1 fully saturated rings. The lowest BCUT2D eigenvalue weighted by Gasteiger charge is -2.35.